The smallest absolute Gasteiger partial charge is 0.258 e. The Bertz CT molecular complexity index is 643. The first-order valence-electron chi connectivity index (χ1n) is 5.91. The number of rotatable bonds is 2. The van der Waals surface area contributed by atoms with Crippen LogP contribution in [-0.4, -0.2) is 17.5 Å². The van der Waals surface area contributed by atoms with Gasteiger partial charge >= 0.3 is 0 Å². The van der Waals surface area contributed by atoms with Crippen molar-refractivity contribution >= 4 is 23.2 Å². The van der Waals surface area contributed by atoms with E-state index in [2.05, 4.69) is 10.3 Å². The maximum atomic E-state index is 12.1. The zero-order valence-electron chi connectivity index (χ0n) is 10.0. The third-order valence-electron chi connectivity index (χ3n) is 2.95. The van der Waals surface area contributed by atoms with Crippen molar-refractivity contribution in [3.8, 4) is 5.75 Å². The first-order chi connectivity index (χ1) is 9.24. The number of nitrogens with one attached hydrogen (secondary N) is 1. The molecule has 0 atom stereocenters. The Hall–Kier alpha value is -2.07. The van der Waals surface area contributed by atoms with Crippen LogP contribution in [0.4, 0.5) is 5.69 Å². The van der Waals surface area contributed by atoms with E-state index in [9.17, 15) is 4.79 Å². The van der Waals surface area contributed by atoms with Crippen molar-refractivity contribution in [3.63, 3.8) is 0 Å². The van der Waals surface area contributed by atoms with Crippen LogP contribution in [0.2, 0.25) is 5.15 Å². The van der Waals surface area contributed by atoms with Crippen molar-refractivity contribution in [3.05, 3.63) is 52.8 Å². The van der Waals surface area contributed by atoms with Gasteiger partial charge in [0, 0.05) is 18.3 Å². The number of benzene rings is 1. The first-order valence-corrected chi connectivity index (χ1v) is 6.29. The molecule has 5 heteroatoms. The molecule has 0 fully saturated rings. The van der Waals surface area contributed by atoms with Crippen molar-refractivity contribution in [2.45, 2.75) is 6.42 Å². The molecular formula is C14H11ClN2O2. The van der Waals surface area contributed by atoms with E-state index in [0.29, 0.717) is 12.2 Å². The number of nitrogens with zero attached hydrogens (tertiary/aromatic N) is 1. The summed E-state index contributed by atoms with van der Waals surface area (Å²) >= 11 is 5.89. The summed E-state index contributed by atoms with van der Waals surface area (Å²) in [6, 6.07) is 8.91. The summed E-state index contributed by atoms with van der Waals surface area (Å²) in [4.78, 5) is 16.0. The monoisotopic (exact) mass is 274 g/mol. The van der Waals surface area contributed by atoms with E-state index >= 15 is 0 Å². The Morgan fingerprint density at radius 2 is 2.26 bits per heavy atom. The number of ether oxygens (including phenoxy) is 1. The number of hydrogen-bond donors (Lipinski definition) is 1. The predicted molar refractivity (Wildman–Crippen MR) is 72.8 cm³/mol. The molecule has 0 saturated heterocycles. The van der Waals surface area contributed by atoms with Crippen molar-refractivity contribution in [1.82, 2.24) is 4.98 Å². The highest BCUT2D eigenvalue weighted by Gasteiger charge is 2.14. The van der Waals surface area contributed by atoms with Gasteiger partial charge in [0.05, 0.1) is 12.2 Å². The highest BCUT2D eigenvalue weighted by atomic mass is 35.5. The Balaban J connectivity index is 1.82. The molecule has 1 aromatic carbocycles. The zero-order chi connectivity index (χ0) is 13.2. The van der Waals surface area contributed by atoms with Crippen LogP contribution < -0.4 is 10.1 Å². The van der Waals surface area contributed by atoms with Gasteiger partial charge in [-0.25, -0.2) is 4.98 Å². The maximum absolute atomic E-state index is 12.1. The van der Waals surface area contributed by atoms with Gasteiger partial charge in [-0.2, -0.15) is 0 Å². The quantitative estimate of drug-likeness (QED) is 0.857. The molecule has 2 heterocycles. The molecule has 0 saturated carbocycles. The first kappa shape index (κ1) is 12.0. The summed E-state index contributed by atoms with van der Waals surface area (Å²) in [6.07, 6.45) is 2.42. The van der Waals surface area contributed by atoms with Crippen LogP contribution in [0.1, 0.15) is 15.9 Å². The van der Waals surface area contributed by atoms with Crippen molar-refractivity contribution < 1.29 is 9.53 Å². The van der Waals surface area contributed by atoms with E-state index in [0.717, 1.165) is 23.4 Å². The number of amides is 1. The SMILES string of the molecule is O=C(Nc1ccc2c(c1)CCO2)c1cccnc1Cl. The van der Waals surface area contributed by atoms with Gasteiger partial charge in [-0.15, -0.1) is 0 Å². The number of pyridine rings is 1. The van der Waals surface area contributed by atoms with Crippen molar-refractivity contribution in [1.29, 1.82) is 0 Å². The Morgan fingerprint density at radius 1 is 1.37 bits per heavy atom. The van der Waals surface area contributed by atoms with E-state index in [4.69, 9.17) is 16.3 Å². The molecule has 1 amide bonds. The molecule has 0 aliphatic carbocycles. The fourth-order valence-corrected chi connectivity index (χ4v) is 2.22. The normalized spacial score (nSPS) is 12.7. The van der Waals surface area contributed by atoms with Crippen LogP contribution in [0.3, 0.4) is 0 Å². The second-order valence-corrected chi connectivity index (χ2v) is 4.57. The Labute approximate surface area is 115 Å². The molecular weight excluding hydrogens is 264 g/mol. The Morgan fingerprint density at radius 3 is 3.11 bits per heavy atom. The average Bonchev–Trinajstić information content (AvgIpc) is 2.86. The molecule has 1 aromatic heterocycles. The molecule has 4 nitrogen and oxygen atoms in total. The third-order valence-corrected chi connectivity index (χ3v) is 3.25. The van der Waals surface area contributed by atoms with Gasteiger partial charge in [-0.1, -0.05) is 11.6 Å². The van der Waals surface area contributed by atoms with Crippen LogP contribution in [-0.2, 0) is 6.42 Å². The number of anilines is 1. The van der Waals surface area contributed by atoms with Gasteiger partial charge in [0.1, 0.15) is 10.9 Å². The maximum Gasteiger partial charge on any atom is 0.258 e. The van der Waals surface area contributed by atoms with Gasteiger partial charge in [0.2, 0.25) is 0 Å². The molecule has 2 aromatic rings. The lowest BCUT2D eigenvalue weighted by atomic mass is 10.1. The van der Waals surface area contributed by atoms with Gasteiger partial charge in [0.25, 0.3) is 5.91 Å². The topological polar surface area (TPSA) is 51.2 Å². The summed E-state index contributed by atoms with van der Waals surface area (Å²) in [5.41, 5.74) is 2.20. The van der Waals surface area contributed by atoms with Gasteiger partial charge in [-0.05, 0) is 35.9 Å². The Kier molecular flexibility index (Phi) is 3.09. The number of hydrogen-bond acceptors (Lipinski definition) is 3. The largest absolute Gasteiger partial charge is 0.493 e. The number of halogens is 1. The predicted octanol–water partition coefficient (Wildman–Crippen LogP) is 2.92. The second kappa shape index (κ2) is 4.90. The molecule has 1 N–H and O–H groups in total. The van der Waals surface area contributed by atoms with Crippen molar-refractivity contribution in [2.75, 3.05) is 11.9 Å². The second-order valence-electron chi connectivity index (χ2n) is 4.22. The van der Waals surface area contributed by atoms with E-state index in [1.54, 1.807) is 18.3 Å². The minimum Gasteiger partial charge on any atom is -0.493 e. The third kappa shape index (κ3) is 2.39. The lowest BCUT2D eigenvalue weighted by Gasteiger charge is -2.07. The lowest BCUT2D eigenvalue weighted by Crippen LogP contribution is -2.12. The highest BCUT2D eigenvalue weighted by molar-refractivity contribution is 6.33. The van der Waals surface area contributed by atoms with Gasteiger partial charge in [0.15, 0.2) is 0 Å². The molecule has 96 valence electrons. The summed E-state index contributed by atoms with van der Waals surface area (Å²) < 4.78 is 5.42. The molecule has 0 bridgehead atoms. The minimum absolute atomic E-state index is 0.199. The molecule has 0 spiro atoms. The van der Waals surface area contributed by atoms with E-state index < -0.39 is 0 Å². The van der Waals surface area contributed by atoms with Crippen molar-refractivity contribution in [2.24, 2.45) is 0 Å². The van der Waals surface area contributed by atoms with Crippen LogP contribution in [0.15, 0.2) is 36.5 Å². The van der Waals surface area contributed by atoms with Crippen LogP contribution in [0, 0.1) is 0 Å². The van der Waals surface area contributed by atoms with Crippen LogP contribution in [0.25, 0.3) is 0 Å². The number of carbonyl (C=O) groups is 1. The van der Waals surface area contributed by atoms with Crippen LogP contribution in [0.5, 0.6) is 5.75 Å². The average molecular weight is 275 g/mol. The molecule has 1 aliphatic heterocycles. The molecule has 0 radical (unpaired) electrons. The summed E-state index contributed by atoms with van der Waals surface area (Å²) in [5.74, 6) is 0.620. The number of carbonyl (C=O) groups excluding carboxylic acids is 1. The van der Waals surface area contributed by atoms with E-state index in [-0.39, 0.29) is 11.1 Å². The number of aromatic nitrogens is 1. The lowest BCUT2D eigenvalue weighted by molar-refractivity contribution is 0.102. The molecule has 0 unspecified atom stereocenters. The standard InChI is InChI=1S/C14H11ClN2O2/c15-13-11(2-1-6-16-13)14(18)17-10-3-4-12-9(8-10)5-7-19-12/h1-4,6,8H,5,7H2,(H,17,18). The summed E-state index contributed by atoms with van der Waals surface area (Å²) in [7, 11) is 0. The molecule has 3 rings (SSSR count). The van der Waals surface area contributed by atoms with Gasteiger partial charge in [-0.3, -0.25) is 4.79 Å². The number of fused-ring (bicyclic) bond motifs is 1. The van der Waals surface area contributed by atoms with E-state index in [1.807, 2.05) is 18.2 Å². The van der Waals surface area contributed by atoms with E-state index in [1.165, 1.54) is 0 Å². The van der Waals surface area contributed by atoms with Crippen LogP contribution >= 0.6 is 11.6 Å². The zero-order valence-corrected chi connectivity index (χ0v) is 10.8. The highest BCUT2D eigenvalue weighted by Crippen LogP contribution is 2.28. The fraction of sp³-hybridized carbons (Fsp3) is 0.143. The fourth-order valence-electron chi connectivity index (χ4n) is 2.02. The summed E-state index contributed by atoms with van der Waals surface area (Å²) in [5, 5.41) is 3.01. The molecule has 1 aliphatic rings. The minimum atomic E-state index is -0.267. The van der Waals surface area contributed by atoms with Gasteiger partial charge < -0.3 is 10.1 Å². The molecule has 19 heavy (non-hydrogen) atoms. The summed E-state index contributed by atoms with van der Waals surface area (Å²) in [6.45, 7) is 0.696.